The van der Waals surface area contributed by atoms with Crippen molar-refractivity contribution in [2.45, 2.75) is 12.1 Å². The van der Waals surface area contributed by atoms with Crippen LogP contribution < -0.4 is 15.4 Å². The van der Waals surface area contributed by atoms with Gasteiger partial charge in [-0.3, -0.25) is 0 Å². The van der Waals surface area contributed by atoms with Crippen LogP contribution in [0.1, 0.15) is 11.6 Å². The first-order valence-corrected chi connectivity index (χ1v) is 6.41. The maximum absolute atomic E-state index is 14.0. The monoisotopic (exact) mass is 270 g/mol. The molecule has 0 aliphatic carbocycles. The van der Waals surface area contributed by atoms with Gasteiger partial charge < -0.3 is 20.1 Å². The molecule has 1 atom stereocenters. The minimum atomic E-state index is -0.573. The maximum Gasteiger partial charge on any atom is 0.145 e. The number of nitrogens with one attached hydrogen (secondary N) is 2. The zero-order valence-corrected chi connectivity index (χ0v) is 10.4. The Bertz CT molecular complexity index is 437. The van der Waals surface area contributed by atoms with Crippen molar-refractivity contribution in [2.75, 3.05) is 32.8 Å². The average Bonchev–Trinajstić information content (AvgIpc) is 2.34. The molecule has 3 rings (SSSR count). The maximum atomic E-state index is 14.0. The lowest BCUT2D eigenvalue weighted by atomic mass is 10.0. The molecule has 2 aliphatic heterocycles. The van der Waals surface area contributed by atoms with Crippen molar-refractivity contribution < 1.29 is 18.3 Å². The molecule has 2 saturated heterocycles. The number of piperazine rings is 1. The normalized spacial score (nSPS) is 24.0. The Labute approximate surface area is 110 Å². The highest BCUT2D eigenvalue weighted by Crippen LogP contribution is 2.27. The Morgan fingerprint density at radius 2 is 1.89 bits per heavy atom. The molecule has 0 radical (unpaired) electrons. The van der Waals surface area contributed by atoms with Gasteiger partial charge in [0.25, 0.3) is 0 Å². The topological polar surface area (TPSA) is 42.5 Å². The van der Waals surface area contributed by atoms with Crippen LogP contribution in [0, 0.1) is 11.6 Å². The van der Waals surface area contributed by atoms with E-state index in [-0.39, 0.29) is 23.5 Å². The van der Waals surface area contributed by atoms with Crippen molar-refractivity contribution >= 4 is 0 Å². The summed E-state index contributed by atoms with van der Waals surface area (Å²) in [7, 11) is 0. The molecule has 0 saturated carbocycles. The Kier molecular flexibility index (Phi) is 3.63. The molecule has 104 valence electrons. The van der Waals surface area contributed by atoms with E-state index in [4.69, 9.17) is 9.47 Å². The molecular weight excluding hydrogens is 254 g/mol. The molecule has 6 heteroatoms. The van der Waals surface area contributed by atoms with Gasteiger partial charge in [-0.15, -0.1) is 0 Å². The Balaban J connectivity index is 1.80. The van der Waals surface area contributed by atoms with Crippen molar-refractivity contribution in [3.8, 4) is 5.75 Å². The third-order valence-corrected chi connectivity index (χ3v) is 3.35. The van der Waals surface area contributed by atoms with E-state index in [0.29, 0.717) is 26.3 Å². The van der Waals surface area contributed by atoms with Crippen molar-refractivity contribution in [1.29, 1.82) is 0 Å². The summed E-state index contributed by atoms with van der Waals surface area (Å²) in [6, 6.07) is 2.15. The lowest BCUT2D eigenvalue weighted by Crippen LogP contribution is -2.43. The van der Waals surface area contributed by atoms with E-state index in [1.54, 1.807) is 0 Å². The molecule has 0 amide bonds. The molecule has 2 heterocycles. The highest BCUT2D eigenvalue weighted by atomic mass is 19.1. The van der Waals surface area contributed by atoms with Gasteiger partial charge in [-0.2, -0.15) is 0 Å². The van der Waals surface area contributed by atoms with E-state index in [1.165, 1.54) is 12.1 Å². The average molecular weight is 270 g/mol. The second-order valence-electron chi connectivity index (χ2n) is 4.79. The SMILES string of the molecule is Fc1cc(OC2COC2)cc(F)c1C1CNCCN1. The molecule has 19 heavy (non-hydrogen) atoms. The molecule has 0 bridgehead atoms. The molecule has 1 aromatic carbocycles. The highest BCUT2D eigenvalue weighted by Gasteiger charge is 2.25. The fourth-order valence-corrected chi connectivity index (χ4v) is 2.29. The highest BCUT2D eigenvalue weighted by molar-refractivity contribution is 5.33. The molecule has 1 aromatic rings. The Hall–Kier alpha value is -1.24. The molecule has 2 N–H and O–H groups in total. The smallest absolute Gasteiger partial charge is 0.145 e. The minimum Gasteiger partial charge on any atom is -0.485 e. The van der Waals surface area contributed by atoms with Gasteiger partial charge in [0.15, 0.2) is 0 Å². The summed E-state index contributed by atoms with van der Waals surface area (Å²) >= 11 is 0. The largest absolute Gasteiger partial charge is 0.485 e. The van der Waals surface area contributed by atoms with E-state index >= 15 is 0 Å². The number of hydrogen-bond donors (Lipinski definition) is 2. The number of rotatable bonds is 3. The molecule has 0 aromatic heterocycles. The third-order valence-electron chi connectivity index (χ3n) is 3.35. The summed E-state index contributed by atoms with van der Waals surface area (Å²) in [5, 5.41) is 6.21. The van der Waals surface area contributed by atoms with Gasteiger partial charge >= 0.3 is 0 Å². The molecule has 4 nitrogen and oxygen atoms in total. The van der Waals surface area contributed by atoms with Gasteiger partial charge in [-0.05, 0) is 0 Å². The number of ether oxygens (including phenoxy) is 2. The molecule has 0 spiro atoms. The van der Waals surface area contributed by atoms with Crippen molar-refractivity contribution in [1.82, 2.24) is 10.6 Å². The first-order valence-electron chi connectivity index (χ1n) is 6.41. The molecule has 2 fully saturated rings. The van der Waals surface area contributed by atoms with Crippen LogP contribution in [0.2, 0.25) is 0 Å². The van der Waals surface area contributed by atoms with Crippen LogP contribution in [0.15, 0.2) is 12.1 Å². The van der Waals surface area contributed by atoms with Crippen LogP contribution in [0.3, 0.4) is 0 Å². The lowest BCUT2D eigenvalue weighted by molar-refractivity contribution is -0.0798. The van der Waals surface area contributed by atoms with Gasteiger partial charge in [0.05, 0.1) is 19.3 Å². The fourth-order valence-electron chi connectivity index (χ4n) is 2.29. The standard InChI is InChI=1S/C13H16F2N2O2/c14-10-3-8(19-9-6-18-7-9)4-11(15)13(10)12-5-16-1-2-17-12/h3-4,9,12,16-17H,1-2,5-7H2. The predicted molar refractivity (Wildman–Crippen MR) is 65.2 cm³/mol. The van der Waals surface area contributed by atoms with Gasteiger partial charge in [0.2, 0.25) is 0 Å². The van der Waals surface area contributed by atoms with E-state index in [9.17, 15) is 8.78 Å². The summed E-state index contributed by atoms with van der Waals surface area (Å²) in [5.74, 6) is -0.927. The number of benzene rings is 1. The second kappa shape index (κ2) is 5.40. The van der Waals surface area contributed by atoms with E-state index in [0.717, 1.165) is 6.54 Å². The fraction of sp³-hybridized carbons (Fsp3) is 0.538. The van der Waals surface area contributed by atoms with Crippen LogP contribution in [0.4, 0.5) is 8.78 Å². The van der Waals surface area contributed by atoms with E-state index in [2.05, 4.69) is 10.6 Å². The van der Waals surface area contributed by atoms with E-state index in [1.807, 2.05) is 0 Å². The number of hydrogen-bond acceptors (Lipinski definition) is 4. The van der Waals surface area contributed by atoms with E-state index < -0.39 is 11.6 Å². The predicted octanol–water partition coefficient (Wildman–Crippen LogP) is 0.976. The molecule has 1 unspecified atom stereocenters. The lowest BCUT2D eigenvalue weighted by Gasteiger charge is -2.28. The van der Waals surface area contributed by atoms with Crippen LogP contribution in [-0.2, 0) is 4.74 Å². The Morgan fingerprint density at radius 3 is 2.42 bits per heavy atom. The van der Waals surface area contributed by atoms with Gasteiger partial charge in [0, 0.05) is 37.3 Å². The zero-order chi connectivity index (χ0) is 13.2. The van der Waals surface area contributed by atoms with Crippen LogP contribution >= 0.6 is 0 Å². The summed E-state index contributed by atoms with van der Waals surface area (Å²) in [6.45, 7) is 2.96. The quantitative estimate of drug-likeness (QED) is 0.859. The summed E-state index contributed by atoms with van der Waals surface area (Å²) < 4.78 is 38.5. The molecule has 2 aliphatic rings. The van der Waals surface area contributed by atoms with Gasteiger partial charge in [-0.25, -0.2) is 8.78 Å². The third kappa shape index (κ3) is 2.70. The van der Waals surface area contributed by atoms with Crippen molar-refractivity contribution in [2.24, 2.45) is 0 Å². The summed E-state index contributed by atoms with van der Waals surface area (Å²) in [5.41, 5.74) is 0.0735. The number of halogens is 2. The van der Waals surface area contributed by atoms with Crippen molar-refractivity contribution in [3.63, 3.8) is 0 Å². The molecular formula is C13H16F2N2O2. The minimum absolute atomic E-state index is 0.0735. The first-order chi connectivity index (χ1) is 9.24. The second-order valence-corrected chi connectivity index (χ2v) is 4.79. The summed E-state index contributed by atoms with van der Waals surface area (Å²) in [4.78, 5) is 0. The van der Waals surface area contributed by atoms with Crippen LogP contribution in [0.25, 0.3) is 0 Å². The van der Waals surface area contributed by atoms with Crippen LogP contribution in [-0.4, -0.2) is 39.0 Å². The van der Waals surface area contributed by atoms with Crippen molar-refractivity contribution in [3.05, 3.63) is 29.3 Å². The van der Waals surface area contributed by atoms with Crippen LogP contribution in [0.5, 0.6) is 5.75 Å². The summed E-state index contributed by atoms with van der Waals surface area (Å²) in [6.07, 6.45) is -0.0980. The zero-order valence-electron chi connectivity index (χ0n) is 10.4. The van der Waals surface area contributed by atoms with Gasteiger partial charge in [-0.1, -0.05) is 0 Å². The first kappa shape index (κ1) is 12.8. The van der Waals surface area contributed by atoms with Gasteiger partial charge in [0.1, 0.15) is 23.5 Å². The Morgan fingerprint density at radius 1 is 1.16 bits per heavy atom.